The standard InChI is InChI=1S/C12H15N3O2/c1-3-17-12(16)11(13)7-9(2)15-10-5-4-6-14-8-10/h4-8H,3,13H2,1-2H3/b11-7-,15-9?. The van der Waals surface area contributed by atoms with Gasteiger partial charge in [0.25, 0.3) is 0 Å². The molecule has 0 bridgehead atoms. The summed E-state index contributed by atoms with van der Waals surface area (Å²) < 4.78 is 4.76. The van der Waals surface area contributed by atoms with E-state index < -0.39 is 5.97 Å². The van der Waals surface area contributed by atoms with Crippen LogP contribution in [0.4, 0.5) is 5.69 Å². The van der Waals surface area contributed by atoms with E-state index in [1.807, 2.05) is 6.07 Å². The smallest absolute Gasteiger partial charge is 0.354 e. The molecule has 0 radical (unpaired) electrons. The van der Waals surface area contributed by atoms with Crippen LogP contribution in [0.3, 0.4) is 0 Å². The maximum atomic E-state index is 11.2. The molecule has 1 aromatic rings. The van der Waals surface area contributed by atoms with Crippen molar-refractivity contribution in [3.63, 3.8) is 0 Å². The number of rotatable bonds is 4. The minimum atomic E-state index is -0.534. The Balaban J connectivity index is 2.77. The van der Waals surface area contributed by atoms with Gasteiger partial charge in [-0.1, -0.05) is 0 Å². The first-order valence-corrected chi connectivity index (χ1v) is 5.23. The van der Waals surface area contributed by atoms with Gasteiger partial charge in [0.15, 0.2) is 0 Å². The van der Waals surface area contributed by atoms with Crippen LogP contribution in [0.1, 0.15) is 13.8 Å². The van der Waals surface area contributed by atoms with Crippen molar-refractivity contribution in [3.8, 4) is 0 Å². The van der Waals surface area contributed by atoms with Crippen LogP contribution in [0.2, 0.25) is 0 Å². The van der Waals surface area contributed by atoms with Gasteiger partial charge in [0, 0.05) is 11.9 Å². The van der Waals surface area contributed by atoms with Crippen LogP contribution in [-0.4, -0.2) is 23.3 Å². The Bertz CT molecular complexity index is 438. The molecule has 0 aliphatic heterocycles. The van der Waals surface area contributed by atoms with Crippen LogP contribution in [0, 0.1) is 0 Å². The van der Waals surface area contributed by atoms with Gasteiger partial charge in [-0.15, -0.1) is 0 Å². The Morgan fingerprint density at radius 2 is 2.41 bits per heavy atom. The number of carbonyl (C=O) groups excluding carboxylic acids is 1. The molecular weight excluding hydrogens is 218 g/mol. The molecule has 0 fully saturated rings. The summed E-state index contributed by atoms with van der Waals surface area (Å²) in [4.78, 5) is 19.4. The summed E-state index contributed by atoms with van der Waals surface area (Å²) in [5.74, 6) is -0.534. The van der Waals surface area contributed by atoms with E-state index in [-0.39, 0.29) is 5.70 Å². The van der Waals surface area contributed by atoms with E-state index in [0.29, 0.717) is 18.0 Å². The van der Waals surface area contributed by atoms with Crippen molar-refractivity contribution < 1.29 is 9.53 Å². The van der Waals surface area contributed by atoms with Gasteiger partial charge in [0.05, 0.1) is 18.5 Å². The van der Waals surface area contributed by atoms with E-state index in [1.54, 1.807) is 32.3 Å². The maximum Gasteiger partial charge on any atom is 0.354 e. The van der Waals surface area contributed by atoms with Gasteiger partial charge >= 0.3 is 5.97 Å². The predicted molar refractivity (Wildman–Crippen MR) is 65.9 cm³/mol. The SMILES string of the molecule is CCOC(=O)/C(N)=C/C(C)=Nc1cccnc1. The molecule has 0 aliphatic rings. The molecule has 0 amide bonds. The largest absolute Gasteiger partial charge is 0.461 e. The van der Waals surface area contributed by atoms with Gasteiger partial charge < -0.3 is 10.5 Å². The topological polar surface area (TPSA) is 77.6 Å². The van der Waals surface area contributed by atoms with Crippen molar-refractivity contribution in [1.29, 1.82) is 0 Å². The normalized spacial score (nSPS) is 12.4. The average Bonchev–Trinajstić information content (AvgIpc) is 2.30. The van der Waals surface area contributed by atoms with E-state index in [1.165, 1.54) is 6.08 Å². The molecular formula is C12H15N3O2. The molecule has 2 N–H and O–H groups in total. The van der Waals surface area contributed by atoms with Crippen molar-refractivity contribution in [1.82, 2.24) is 4.98 Å². The lowest BCUT2D eigenvalue weighted by atomic mass is 10.3. The summed E-state index contributed by atoms with van der Waals surface area (Å²) in [5, 5.41) is 0. The van der Waals surface area contributed by atoms with Crippen LogP contribution < -0.4 is 5.73 Å². The van der Waals surface area contributed by atoms with Crippen molar-refractivity contribution >= 4 is 17.4 Å². The minimum absolute atomic E-state index is 0.0389. The van der Waals surface area contributed by atoms with Gasteiger partial charge in [-0.25, -0.2) is 4.79 Å². The lowest BCUT2D eigenvalue weighted by Gasteiger charge is -2.01. The van der Waals surface area contributed by atoms with Crippen LogP contribution >= 0.6 is 0 Å². The molecule has 1 aromatic heterocycles. The van der Waals surface area contributed by atoms with E-state index in [9.17, 15) is 4.79 Å². The fraction of sp³-hybridized carbons (Fsp3) is 0.250. The number of nitrogens with two attached hydrogens (primary N) is 1. The first-order chi connectivity index (χ1) is 8.13. The lowest BCUT2D eigenvalue weighted by molar-refractivity contribution is -0.138. The molecule has 5 heteroatoms. The van der Waals surface area contributed by atoms with Crippen LogP contribution in [0.25, 0.3) is 0 Å². The summed E-state index contributed by atoms with van der Waals surface area (Å²) in [5.41, 5.74) is 6.91. The Kier molecular flexibility index (Phi) is 4.87. The molecule has 0 saturated heterocycles. The number of aromatic nitrogens is 1. The van der Waals surface area contributed by atoms with Crippen LogP contribution in [0.5, 0.6) is 0 Å². The number of carbonyl (C=O) groups is 1. The number of nitrogens with zero attached hydrogens (tertiary/aromatic N) is 2. The zero-order valence-corrected chi connectivity index (χ0v) is 9.88. The third-order valence-electron chi connectivity index (χ3n) is 1.83. The second-order valence-electron chi connectivity index (χ2n) is 3.28. The fourth-order valence-corrected chi connectivity index (χ4v) is 1.15. The molecule has 0 spiro atoms. The highest BCUT2D eigenvalue weighted by atomic mass is 16.5. The number of hydrogen-bond acceptors (Lipinski definition) is 5. The Morgan fingerprint density at radius 1 is 1.65 bits per heavy atom. The second-order valence-corrected chi connectivity index (χ2v) is 3.28. The van der Waals surface area contributed by atoms with Gasteiger partial charge in [-0.2, -0.15) is 0 Å². The molecule has 1 rings (SSSR count). The number of allylic oxidation sites excluding steroid dienone is 1. The van der Waals surface area contributed by atoms with Crippen molar-refractivity contribution in [2.75, 3.05) is 6.61 Å². The summed E-state index contributed by atoms with van der Waals surface area (Å²) in [6.45, 7) is 3.77. The summed E-state index contributed by atoms with van der Waals surface area (Å²) in [6, 6.07) is 3.59. The van der Waals surface area contributed by atoms with E-state index >= 15 is 0 Å². The first-order valence-electron chi connectivity index (χ1n) is 5.23. The van der Waals surface area contributed by atoms with Gasteiger partial charge in [-0.05, 0) is 32.1 Å². The van der Waals surface area contributed by atoms with Gasteiger partial charge in [0.2, 0.25) is 0 Å². The molecule has 90 valence electrons. The van der Waals surface area contributed by atoms with Gasteiger partial charge in [0.1, 0.15) is 5.70 Å². The number of esters is 1. The highest BCUT2D eigenvalue weighted by Gasteiger charge is 2.05. The van der Waals surface area contributed by atoms with Crippen LogP contribution in [0.15, 0.2) is 41.3 Å². The van der Waals surface area contributed by atoms with E-state index in [0.717, 1.165) is 0 Å². The number of ether oxygens (including phenoxy) is 1. The Hall–Kier alpha value is -2.17. The zero-order valence-electron chi connectivity index (χ0n) is 9.88. The molecule has 0 saturated carbocycles. The second kappa shape index (κ2) is 6.42. The van der Waals surface area contributed by atoms with Crippen molar-refractivity contribution in [3.05, 3.63) is 36.3 Å². The number of hydrogen-bond donors (Lipinski definition) is 1. The molecule has 1 heterocycles. The Morgan fingerprint density at radius 3 is 3.00 bits per heavy atom. The maximum absolute atomic E-state index is 11.2. The fourth-order valence-electron chi connectivity index (χ4n) is 1.15. The van der Waals surface area contributed by atoms with Crippen molar-refractivity contribution in [2.45, 2.75) is 13.8 Å². The molecule has 0 atom stereocenters. The zero-order chi connectivity index (χ0) is 12.7. The van der Waals surface area contributed by atoms with E-state index in [4.69, 9.17) is 10.5 Å². The number of pyridine rings is 1. The molecule has 0 unspecified atom stereocenters. The highest BCUT2D eigenvalue weighted by Crippen LogP contribution is 2.08. The lowest BCUT2D eigenvalue weighted by Crippen LogP contribution is -2.15. The Labute approximate surface area is 100 Å². The molecule has 5 nitrogen and oxygen atoms in total. The average molecular weight is 233 g/mol. The van der Waals surface area contributed by atoms with Crippen LogP contribution in [-0.2, 0) is 9.53 Å². The minimum Gasteiger partial charge on any atom is -0.461 e. The molecule has 17 heavy (non-hydrogen) atoms. The quantitative estimate of drug-likeness (QED) is 0.486. The summed E-state index contributed by atoms with van der Waals surface area (Å²) in [7, 11) is 0. The first kappa shape index (κ1) is 12.9. The third-order valence-corrected chi connectivity index (χ3v) is 1.83. The predicted octanol–water partition coefficient (Wildman–Crippen LogP) is 1.58. The van der Waals surface area contributed by atoms with Gasteiger partial charge in [-0.3, -0.25) is 9.98 Å². The monoisotopic (exact) mass is 233 g/mol. The summed E-state index contributed by atoms with van der Waals surface area (Å²) >= 11 is 0. The van der Waals surface area contributed by atoms with Crippen molar-refractivity contribution in [2.24, 2.45) is 10.7 Å². The van der Waals surface area contributed by atoms with E-state index in [2.05, 4.69) is 9.98 Å². The number of aliphatic imine (C=N–C) groups is 1. The third kappa shape index (κ3) is 4.46. The summed E-state index contributed by atoms with van der Waals surface area (Å²) in [6.07, 6.45) is 4.76. The molecule has 0 aliphatic carbocycles. The molecule has 0 aromatic carbocycles. The highest BCUT2D eigenvalue weighted by molar-refractivity contribution is 6.01.